The van der Waals surface area contributed by atoms with Crippen LogP contribution >= 0.6 is 0 Å². The molecule has 3 aliphatic carbocycles. The first kappa shape index (κ1) is 23.5. The Morgan fingerprint density at radius 3 is 1.53 bits per heavy atom. The van der Waals surface area contributed by atoms with Crippen LogP contribution in [0.2, 0.25) is 0 Å². The van der Waals surface area contributed by atoms with Gasteiger partial charge in [0, 0.05) is 25.2 Å². The van der Waals surface area contributed by atoms with E-state index in [0.717, 1.165) is 58.3 Å². The molecule has 0 bridgehead atoms. The zero-order chi connectivity index (χ0) is 22.0. The van der Waals surface area contributed by atoms with Gasteiger partial charge in [0.2, 0.25) is 0 Å². The summed E-state index contributed by atoms with van der Waals surface area (Å²) in [6.07, 6.45) is 13.2. The molecule has 32 heavy (non-hydrogen) atoms. The van der Waals surface area contributed by atoms with Crippen molar-refractivity contribution in [2.75, 3.05) is 39.6 Å². The Hall–Kier alpha value is -0.240. The lowest BCUT2D eigenvalue weighted by atomic mass is 9.88. The quantitative estimate of drug-likeness (QED) is 0.455. The van der Waals surface area contributed by atoms with Crippen molar-refractivity contribution < 1.29 is 28.8 Å². The molecule has 0 aromatic rings. The maximum Gasteiger partial charge on any atom is 0.0845 e. The molecule has 0 spiro atoms. The first-order chi connectivity index (χ1) is 15.6. The van der Waals surface area contributed by atoms with E-state index < -0.39 is 0 Å². The molecule has 6 unspecified atom stereocenters. The van der Waals surface area contributed by atoms with E-state index in [9.17, 15) is 5.11 Å². The third-order valence-corrected chi connectivity index (χ3v) is 8.45. The SMILES string of the molecule is CC(COCC1CCC(O)CC1)(COCC1CCC2OC2C1)COCC1CCC2OC2C1. The van der Waals surface area contributed by atoms with Gasteiger partial charge in [-0.25, -0.2) is 0 Å². The third-order valence-electron chi connectivity index (χ3n) is 8.45. The van der Waals surface area contributed by atoms with Crippen LogP contribution < -0.4 is 0 Å². The number of hydrogen-bond acceptors (Lipinski definition) is 6. The highest BCUT2D eigenvalue weighted by molar-refractivity contribution is 4.92. The number of rotatable bonds is 12. The zero-order valence-electron chi connectivity index (χ0n) is 19.9. The minimum atomic E-state index is -0.130. The Labute approximate surface area is 193 Å². The molecule has 0 radical (unpaired) electrons. The second-order valence-corrected chi connectivity index (χ2v) is 11.8. The molecule has 3 saturated carbocycles. The van der Waals surface area contributed by atoms with E-state index in [0.29, 0.717) is 62.0 Å². The summed E-state index contributed by atoms with van der Waals surface area (Å²) in [6, 6.07) is 0. The minimum absolute atomic E-state index is 0.106. The molecule has 184 valence electrons. The van der Waals surface area contributed by atoms with E-state index in [-0.39, 0.29) is 11.5 Å². The van der Waals surface area contributed by atoms with Crippen molar-refractivity contribution in [2.24, 2.45) is 23.2 Å². The molecule has 6 atom stereocenters. The summed E-state index contributed by atoms with van der Waals surface area (Å²) in [5, 5.41) is 9.74. The van der Waals surface area contributed by atoms with Crippen molar-refractivity contribution in [3.05, 3.63) is 0 Å². The second-order valence-electron chi connectivity index (χ2n) is 11.8. The zero-order valence-corrected chi connectivity index (χ0v) is 19.9. The molecule has 5 rings (SSSR count). The number of ether oxygens (including phenoxy) is 5. The Bertz CT molecular complexity index is 557. The fourth-order valence-corrected chi connectivity index (χ4v) is 6.13. The van der Waals surface area contributed by atoms with Crippen LogP contribution in [0.15, 0.2) is 0 Å². The number of aliphatic hydroxyl groups is 1. The molecule has 0 aromatic carbocycles. The van der Waals surface area contributed by atoms with E-state index in [2.05, 4.69) is 6.92 Å². The van der Waals surface area contributed by atoms with Crippen LogP contribution in [0.5, 0.6) is 0 Å². The smallest absolute Gasteiger partial charge is 0.0845 e. The number of fused-ring (bicyclic) bond motifs is 2. The highest BCUT2D eigenvalue weighted by atomic mass is 16.6. The summed E-state index contributed by atoms with van der Waals surface area (Å²) < 4.78 is 30.1. The first-order valence-corrected chi connectivity index (χ1v) is 13.3. The average molecular weight is 453 g/mol. The monoisotopic (exact) mass is 452 g/mol. The molecule has 6 nitrogen and oxygen atoms in total. The molecule has 0 amide bonds. The lowest BCUT2D eigenvalue weighted by molar-refractivity contribution is -0.0785. The summed E-state index contributed by atoms with van der Waals surface area (Å²) in [5.41, 5.74) is -0.130. The van der Waals surface area contributed by atoms with Crippen LogP contribution in [0.1, 0.15) is 71.1 Å². The molecule has 5 fully saturated rings. The summed E-state index contributed by atoms with van der Waals surface area (Å²) in [6.45, 7) is 6.72. The molecule has 1 N–H and O–H groups in total. The number of epoxide rings is 2. The predicted molar refractivity (Wildman–Crippen MR) is 121 cm³/mol. The van der Waals surface area contributed by atoms with Crippen molar-refractivity contribution in [1.29, 1.82) is 0 Å². The van der Waals surface area contributed by atoms with Crippen LogP contribution in [-0.4, -0.2) is 75.3 Å². The number of aliphatic hydroxyl groups excluding tert-OH is 1. The van der Waals surface area contributed by atoms with Gasteiger partial charge in [0.15, 0.2) is 0 Å². The molecule has 6 heteroatoms. The lowest BCUT2D eigenvalue weighted by Crippen LogP contribution is -2.37. The highest BCUT2D eigenvalue weighted by Crippen LogP contribution is 2.40. The minimum Gasteiger partial charge on any atom is -0.393 e. The lowest BCUT2D eigenvalue weighted by Gasteiger charge is -2.32. The third kappa shape index (κ3) is 6.67. The van der Waals surface area contributed by atoms with E-state index in [4.69, 9.17) is 23.7 Å². The van der Waals surface area contributed by atoms with Gasteiger partial charge in [-0.1, -0.05) is 6.92 Å². The van der Waals surface area contributed by atoms with Gasteiger partial charge < -0.3 is 28.8 Å². The highest BCUT2D eigenvalue weighted by Gasteiger charge is 2.45. The van der Waals surface area contributed by atoms with Gasteiger partial charge in [-0.3, -0.25) is 0 Å². The van der Waals surface area contributed by atoms with E-state index in [1.165, 1.54) is 25.7 Å². The predicted octanol–water partition coefficient (Wildman–Crippen LogP) is 3.73. The maximum atomic E-state index is 9.74. The Kier molecular flexibility index (Phi) is 7.76. The van der Waals surface area contributed by atoms with E-state index in [1.54, 1.807) is 0 Å². The van der Waals surface area contributed by atoms with Crippen molar-refractivity contribution >= 4 is 0 Å². The molecular weight excluding hydrogens is 408 g/mol. The summed E-state index contributed by atoms with van der Waals surface area (Å²) in [4.78, 5) is 0. The standard InChI is InChI=1S/C26H44O6/c1-26(15-28-12-18-2-6-21(27)7-3-18,16-29-13-19-4-8-22-24(10-19)31-22)17-30-14-20-5-9-23-25(11-20)32-23/h18-25,27H,2-17H2,1H3. The van der Waals surface area contributed by atoms with Gasteiger partial charge in [-0.2, -0.15) is 0 Å². The molecule has 2 aliphatic heterocycles. The van der Waals surface area contributed by atoms with Gasteiger partial charge in [0.1, 0.15) is 0 Å². The van der Waals surface area contributed by atoms with E-state index >= 15 is 0 Å². The van der Waals surface area contributed by atoms with Crippen LogP contribution in [-0.2, 0) is 23.7 Å². The average Bonchev–Trinajstić information content (AvgIpc) is 3.69. The van der Waals surface area contributed by atoms with Crippen molar-refractivity contribution in [2.45, 2.75) is 102 Å². The van der Waals surface area contributed by atoms with Gasteiger partial charge in [-0.05, 0) is 82.0 Å². The fraction of sp³-hybridized carbons (Fsp3) is 1.00. The topological polar surface area (TPSA) is 73.0 Å². The van der Waals surface area contributed by atoms with Crippen LogP contribution in [0.4, 0.5) is 0 Å². The van der Waals surface area contributed by atoms with Gasteiger partial charge in [-0.15, -0.1) is 0 Å². The summed E-state index contributed by atoms with van der Waals surface area (Å²) >= 11 is 0. The van der Waals surface area contributed by atoms with Crippen LogP contribution in [0.25, 0.3) is 0 Å². The molecule has 0 aromatic heterocycles. The summed E-state index contributed by atoms with van der Waals surface area (Å²) in [5.74, 6) is 1.84. The largest absolute Gasteiger partial charge is 0.393 e. The maximum absolute atomic E-state index is 9.74. The Morgan fingerprint density at radius 1 is 0.625 bits per heavy atom. The van der Waals surface area contributed by atoms with E-state index in [1.807, 2.05) is 0 Å². The van der Waals surface area contributed by atoms with Crippen molar-refractivity contribution in [1.82, 2.24) is 0 Å². The molecule has 5 aliphatic rings. The first-order valence-electron chi connectivity index (χ1n) is 13.3. The second kappa shape index (κ2) is 10.6. The Balaban J connectivity index is 1.05. The van der Waals surface area contributed by atoms with Gasteiger partial charge in [0.25, 0.3) is 0 Å². The summed E-state index contributed by atoms with van der Waals surface area (Å²) in [7, 11) is 0. The van der Waals surface area contributed by atoms with Gasteiger partial charge in [0.05, 0.1) is 50.3 Å². The molecule has 2 heterocycles. The molecule has 2 saturated heterocycles. The molecular formula is C26H44O6. The van der Waals surface area contributed by atoms with Crippen LogP contribution in [0, 0.1) is 23.2 Å². The Morgan fingerprint density at radius 2 is 1.06 bits per heavy atom. The van der Waals surface area contributed by atoms with Gasteiger partial charge >= 0.3 is 0 Å². The van der Waals surface area contributed by atoms with Crippen molar-refractivity contribution in [3.8, 4) is 0 Å². The fourth-order valence-electron chi connectivity index (χ4n) is 6.13. The number of hydrogen-bond donors (Lipinski definition) is 1. The van der Waals surface area contributed by atoms with Crippen LogP contribution in [0.3, 0.4) is 0 Å². The van der Waals surface area contributed by atoms with Crippen molar-refractivity contribution in [3.63, 3.8) is 0 Å². The normalized spacial score (nSPS) is 42.6.